The summed E-state index contributed by atoms with van der Waals surface area (Å²) in [5.41, 5.74) is 1.48. The first-order valence-electron chi connectivity index (χ1n) is 8.59. The van der Waals surface area contributed by atoms with Crippen molar-refractivity contribution in [1.29, 1.82) is 0 Å². The van der Waals surface area contributed by atoms with Crippen molar-refractivity contribution in [2.75, 3.05) is 19.6 Å². The number of carbonyl (C=O) groups is 1. The van der Waals surface area contributed by atoms with Crippen LogP contribution in [-0.2, 0) is 16.4 Å². The topological polar surface area (TPSA) is 66.5 Å². The van der Waals surface area contributed by atoms with Crippen LogP contribution in [0.1, 0.15) is 28.8 Å². The Morgan fingerprint density at radius 2 is 1.77 bits per heavy atom. The summed E-state index contributed by atoms with van der Waals surface area (Å²) in [4.78, 5) is 14.3. The summed E-state index contributed by atoms with van der Waals surface area (Å²) in [6.45, 7) is 1.81. The third-order valence-corrected chi connectivity index (χ3v) is 6.11. The van der Waals surface area contributed by atoms with Gasteiger partial charge >= 0.3 is 0 Å². The Hall–Kier alpha value is -1.89. The van der Waals surface area contributed by atoms with Crippen molar-refractivity contribution in [1.82, 2.24) is 9.62 Å². The smallest absolute Gasteiger partial charge is 0.253 e. The van der Waals surface area contributed by atoms with E-state index in [1.165, 1.54) is 12.1 Å². The van der Waals surface area contributed by atoms with Gasteiger partial charge in [0.05, 0.1) is 4.90 Å². The van der Waals surface area contributed by atoms with E-state index in [9.17, 15) is 13.2 Å². The highest BCUT2D eigenvalue weighted by Gasteiger charge is 2.20. The van der Waals surface area contributed by atoms with Crippen LogP contribution in [0.25, 0.3) is 0 Å². The van der Waals surface area contributed by atoms with Gasteiger partial charge < -0.3 is 4.90 Å². The second kappa shape index (κ2) is 8.20. The van der Waals surface area contributed by atoms with Gasteiger partial charge in [-0.1, -0.05) is 23.7 Å². The van der Waals surface area contributed by atoms with Crippen molar-refractivity contribution in [3.05, 3.63) is 64.7 Å². The molecule has 1 heterocycles. The molecule has 26 heavy (non-hydrogen) atoms. The highest BCUT2D eigenvalue weighted by atomic mass is 35.5. The quantitative estimate of drug-likeness (QED) is 0.821. The second-order valence-corrected chi connectivity index (χ2v) is 8.50. The van der Waals surface area contributed by atoms with E-state index in [0.717, 1.165) is 31.5 Å². The van der Waals surface area contributed by atoms with Crippen LogP contribution < -0.4 is 4.72 Å². The molecule has 1 saturated heterocycles. The molecule has 2 aromatic rings. The van der Waals surface area contributed by atoms with Crippen molar-refractivity contribution in [3.8, 4) is 0 Å². The first kappa shape index (κ1) is 18.9. The number of amides is 1. The van der Waals surface area contributed by atoms with E-state index < -0.39 is 10.0 Å². The highest BCUT2D eigenvalue weighted by molar-refractivity contribution is 7.89. The minimum Gasteiger partial charge on any atom is -0.339 e. The van der Waals surface area contributed by atoms with Crippen LogP contribution >= 0.6 is 11.6 Å². The Labute approximate surface area is 159 Å². The van der Waals surface area contributed by atoms with Crippen molar-refractivity contribution < 1.29 is 13.2 Å². The van der Waals surface area contributed by atoms with Gasteiger partial charge in [-0.15, -0.1) is 0 Å². The Morgan fingerprint density at radius 3 is 2.42 bits per heavy atom. The largest absolute Gasteiger partial charge is 0.339 e. The molecule has 1 N–H and O–H groups in total. The van der Waals surface area contributed by atoms with Gasteiger partial charge in [0.2, 0.25) is 10.0 Å². The van der Waals surface area contributed by atoms with Crippen LogP contribution in [0.2, 0.25) is 5.02 Å². The normalized spacial score (nSPS) is 14.6. The lowest BCUT2D eigenvalue weighted by atomic mass is 10.2. The Kier molecular flexibility index (Phi) is 5.96. The number of nitrogens with one attached hydrogen (secondary N) is 1. The molecule has 0 unspecified atom stereocenters. The molecule has 0 radical (unpaired) electrons. The van der Waals surface area contributed by atoms with E-state index in [2.05, 4.69) is 4.72 Å². The van der Waals surface area contributed by atoms with Gasteiger partial charge in [0.25, 0.3) is 5.91 Å². The van der Waals surface area contributed by atoms with E-state index in [1.54, 1.807) is 23.1 Å². The second-order valence-electron chi connectivity index (χ2n) is 6.30. The molecule has 138 valence electrons. The first-order chi connectivity index (χ1) is 12.5. The molecule has 1 amide bonds. The number of hydrogen-bond acceptors (Lipinski definition) is 3. The Morgan fingerprint density at radius 1 is 1.08 bits per heavy atom. The van der Waals surface area contributed by atoms with Gasteiger partial charge in [-0.2, -0.15) is 0 Å². The van der Waals surface area contributed by atoms with Crippen molar-refractivity contribution >= 4 is 27.5 Å². The molecule has 0 atom stereocenters. The van der Waals surface area contributed by atoms with Crippen LogP contribution in [0.15, 0.2) is 53.4 Å². The zero-order valence-electron chi connectivity index (χ0n) is 14.3. The molecule has 1 fully saturated rings. The third-order valence-electron chi connectivity index (χ3n) is 4.40. The fourth-order valence-corrected chi connectivity index (χ4v) is 4.23. The minimum atomic E-state index is -3.61. The molecule has 0 aliphatic carbocycles. The zero-order valence-corrected chi connectivity index (χ0v) is 15.9. The summed E-state index contributed by atoms with van der Waals surface area (Å²) in [6.07, 6.45) is 2.59. The molecule has 2 aromatic carbocycles. The van der Waals surface area contributed by atoms with E-state index >= 15 is 0 Å². The minimum absolute atomic E-state index is 0.0413. The fourth-order valence-electron chi connectivity index (χ4n) is 2.99. The SMILES string of the molecule is O=C(c1ccc(S(=O)(=O)NCCc2cccc(Cl)c2)cc1)N1CCCC1. The number of carbonyl (C=O) groups excluding carboxylic acids is 1. The Bertz CT molecular complexity index is 876. The summed E-state index contributed by atoms with van der Waals surface area (Å²) in [5, 5.41) is 0.628. The van der Waals surface area contributed by atoms with Crippen LogP contribution in [0, 0.1) is 0 Å². The summed E-state index contributed by atoms with van der Waals surface area (Å²) < 4.78 is 27.4. The van der Waals surface area contributed by atoms with E-state index in [0.29, 0.717) is 17.0 Å². The molecule has 5 nitrogen and oxygen atoms in total. The lowest BCUT2D eigenvalue weighted by molar-refractivity contribution is 0.0792. The van der Waals surface area contributed by atoms with Crippen LogP contribution in [0.4, 0.5) is 0 Å². The van der Waals surface area contributed by atoms with Gasteiger partial charge in [0, 0.05) is 30.2 Å². The maximum atomic E-state index is 12.4. The number of likely N-dealkylation sites (tertiary alicyclic amines) is 1. The molecule has 0 bridgehead atoms. The number of rotatable bonds is 6. The summed E-state index contributed by atoms with van der Waals surface area (Å²) in [6, 6.07) is 13.4. The molecule has 0 spiro atoms. The molecule has 3 rings (SSSR count). The summed E-state index contributed by atoms with van der Waals surface area (Å²) in [7, 11) is -3.61. The average molecular weight is 393 g/mol. The lowest BCUT2D eigenvalue weighted by Crippen LogP contribution is -2.28. The molecule has 1 aliphatic heterocycles. The predicted octanol–water partition coefficient (Wildman–Crippen LogP) is 3.10. The number of benzene rings is 2. The lowest BCUT2D eigenvalue weighted by Gasteiger charge is -2.15. The standard InChI is InChI=1S/C19H21ClN2O3S/c20-17-5-3-4-15(14-17)10-11-21-26(24,25)18-8-6-16(7-9-18)19(23)22-12-1-2-13-22/h3-9,14,21H,1-2,10-13H2. The first-order valence-corrected chi connectivity index (χ1v) is 10.5. The highest BCUT2D eigenvalue weighted by Crippen LogP contribution is 2.16. The van der Waals surface area contributed by atoms with Crippen LogP contribution in [0.3, 0.4) is 0 Å². The van der Waals surface area contributed by atoms with Crippen LogP contribution in [0.5, 0.6) is 0 Å². The van der Waals surface area contributed by atoms with Gasteiger partial charge in [0.1, 0.15) is 0 Å². The monoisotopic (exact) mass is 392 g/mol. The van der Waals surface area contributed by atoms with Gasteiger partial charge in [-0.3, -0.25) is 4.79 Å². The van der Waals surface area contributed by atoms with Gasteiger partial charge in [-0.05, 0) is 61.2 Å². The van der Waals surface area contributed by atoms with Gasteiger partial charge in [-0.25, -0.2) is 13.1 Å². The molecule has 0 saturated carbocycles. The zero-order chi connectivity index (χ0) is 18.6. The number of hydrogen-bond donors (Lipinski definition) is 1. The van der Waals surface area contributed by atoms with Crippen molar-refractivity contribution in [2.45, 2.75) is 24.2 Å². The third kappa shape index (κ3) is 4.63. The Balaban J connectivity index is 1.60. The van der Waals surface area contributed by atoms with Gasteiger partial charge in [0.15, 0.2) is 0 Å². The molecule has 7 heteroatoms. The number of halogens is 1. The molecular weight excluding hydrogens is 372 g/mol. The fraction of sp³-hybridized carbons (Fsp3) is 0.316. The average Bonchev–Trinajstić information content (AvgIpc) is 3.16. The van der Waals surface area contributed by atoms with E-state index in [-0.39, 0.29) is 17.3 Å². The molecule has 1 aliphatic rings. The maximum Gasteiger partial charge on any atom is 0.253 e. The van der Waals surface area contributed by atoms with Crippen LogP contribution in [-0.4, -0.2) is 38.9 Å². The summed E-state index contributed by atoms with van der Waals surface area (Å²) >= 11 is 5.93. The number of nitrogens with zero attached hydrogens (tertiary/aromatic N) is 1. The molecule has 0 aromatic heterocycles. The maximum absolute atomic E-state index is 12.4. The van der Waals surface area contributed by atoms with Crippen molar-refractivity contribution in [3.63, 3.8) is 0 Å². The van der Waals surface area contributed by atoms with E-state index in [4.69, 9.17) is 11.6 Å². The van der Waals surface area contributed by atoms with Crippen molar-refractivity contribution in [2.24, 2.45) is 0 Å². The molecular formula is C19H21ClN2O3S. The number of sulfonamides is 1. The van der Waals surface area contributed by atoms with E-state index in [1.807, 2.05) is 18.2 Å². The summed E-state index contributed by atoms with van der Waals surface area (Å²) in [5.74, 6) is -0.0413. The predicted molar refractivity (Wildman–Crippen MR) is 102 cm³/mol.